The third-order valence-corrected chi connectivity index (χ3v) is 4.94. The molecule has 3 aromatic rings. The fraction of sp³-hybridized carbons (Fsp3) is 0.280. The second-order valence-electron chi connectivity index (χ2n) is 7.30. The molecular weight excluding hydrogens is 346 g/mol. The summed E-state index contributed by atoms with van der Waals surface area (Å²) in [7, 11) is 1.91. The van der Waals surface area contributed by atoms with E-state index >= 15 is 0 Å². The summed E-state index contributed by atoms with van der Waals surface area (Å²) < 4.78 is 1.95. The molecule has 0 unspecified atom stereocenters. The third-order valence-electron chi connectivity index (χ3n) is 4.94. The molecule has 0 saturated heterocycles. The highest BCUT2D eigenvalue weighted by molar-refractivity contribution is 6.11. The molecule has 0 N–H and O–H groups in total. The van der Waals surface area contributed by atoms with Crippen LogP contribution in [0.2, 0.25) is 0 Å². The quantitative estimate of drug-likeness (QED) is 0.356. The van der Waals surface area contributed by atoms with Gasteiger partial charge in [0.25, 0.3) is 0 Å². The summed E-state index contributed by atoms with van der Waals surface area (Å²) in [6, 6.07) is 17.9. The number of ketones is 2. The van der Waals surface area contributed by atoms with Crippen molar-refractivity contribution in [3.05, 3.63) is 71.4 Å². The first kappa shape index (κ1) is 19.6. The highest BCUT2D eigenvalue weighted by Gasteiger charge is 2.23. The minimum absolute atomic E-state index is 0.0663. The van der Waals surface area contributed by atoms with Crippen molar-refractivity contribution in [1.82, 2.24) is 4.57 Å². The molecule has 3 rings (SSSR count). The van der Waals surface area contributed by atoms with Gasteiger partial charge < -0.3 is 4.57 Å². The van der Waals surface area contributed by atoms with Gasteiger partial charge in [0.15, 0.2) is 5.78 Å². The van der Waals surface area contributed by atoms with Crippen LogP contribution in [0.3, 0.4) is 0 Å². The lowest BCUT2D eigenvalue weighted by atomic mass is 9.96. The molecule has 28 heavy (non-hydrogen) atoms. The van der Waals surface area contributed by atoms with Crippen LogP contribution in [0.4, 0.5) is 0 Å². The van der Waals surface area contributed by atoms with Crippen molar-refractivity contribution in [3.63, 3.8) is 0 Å². The number of carbonyl (C=O) groups excluding carboxylic acids is 2. The van der Waals surface area contributed by atoms with Gasteiger partial charge in [-0.25, -0.2) is 0 Å². The van der Waals surface area contributed by atoms with Gasteiger partial charge in [0.1, 0.15) is 0 Å². The Bertz CT molecular complexity index is 1060. The van der Waals surface area contributed by atoms with E-state index in [2.05, 4.69) is 24.0 Å². The summed E-state index contributed by atoms with van der Waals surface area (Å²) in [4.78, 5) is 25.3. The topological polar surface area (TPSA) is 39.1 Å². The molecule has 0 amide bonds. The van der Waals surface area contributed by atoms with Gasteiger partial charge in [-0.15, -0.1) is 0 Å². The number of hydrogen-bond donors (Lipinski definition) is 0. The van der Waals surface area contributed by atoms with E-state index in [1.165, 1.54) is 5.56 Å². The van der Waals surface area contributed by atoms with Crippen LogP contribution in [-0.4, -0.2) is 16.1 Å². The van der Waals surface area contributed by atoms with Gasteiger partial charge >= 0.3 is 0 Å². The van der Waals surface area contributed by atoms with Gasteiger partial charge in [0, 0.05) is 41.5 Å². The highest BCUT2D eigenvalue weighted by atomic mass is 16.1. The van der Waals surface area contributed by atoms with E-state index in [1.807, 2.05) is 67.9 Å². The maximum absolute atomic E-state index is 12.8. The molecule has 3 nitrogen and oxygen atoms in total. The number of aryl methyl sites for hydroxylation is 2. The number of hydrogen-bond acceptors (Lipinski definition) is 2. The van der Waals surface area contributed by atoms with Crippen molar-refractivity contribution < 1.29 is 9.59 Å². The SMILES string of the molecule is CC(C)C(=O)c1c(CC(=O)C#CCCc2ccccc2)n(C)c2ccccc12. The molecule has 1 aromatic heterocycles. The molecule has 2 aromatic carbocycles. The van der Waals surface area contributed by atoms with Gasteiger partial charge in [-0.3, -0.25) is 9.59 Å². The van der Waals surface area contributed by atoms with Gasteiger partial charge in [0.2, 0.25) is 5.78 Å². The molecule has 0 aliphatic heterocycles. The number of para-hydroxylation sites is 1. The monoisotopic (exact) mass is 371 g/mol. The van der Waals surface area contributed by atoms with Crippen LogP contribution in [0.5, 0.6) is 0 Å². The smallest absolute Gasteiger partial charge is 0.211 e. The van der Waals surface area contributed by atoms with Crippen molar-refractivity contribution in [2.24, 2.45) is 13.0 Å². The van der Waals surface area contributed by atoms with Crippen LogP contribution in [0, 0.1) is 17.8 Å². The molecule has 0 fully saturated rings. The van der Waals surface area contributed by atoms with E-state index in [0.29, 0.717) is 12.0 Å². The Kier molecular flexibility index (Phi) is 6.11. The standard InChI is InChI=1S/C25H25NO2/c1-18(2)25(28)24-21-15-9-10-16-22(21)26(3)23(24)17-20(27)14-8-7-13-19-11-5-4-6-12-19/h4-6,9-12,15-16,18H,7,13,17H2,1-3H3. The zero-order valence-corrected chi connectivity index (χ0v) is 16.7. The number of nitrogens with zero attached hydrogens (tertiary/aromatic N) is 1. The highest BCUT2D eigenvalue weighted by Crippen LogP contribution is 2.28. The van der Waals surface area contributed by atoms with Gasteiger partial charge in [-0.2, -0.15) is 0 Å². The van der Waals surface area contributed by atoms with Gasteiger partial charge in [-0.1, -0.05) is 68.3 Å². The van der Waals surface area contributed by atoms with Crippen molar-refractivity contribution in [2.45, 2.75) is 33.1 Å². The Morgan fingerprint density at radius 2 is 1.68 bits per heavy atom. The van der Waals surface area contributed by atoms with E-state index in [1.54, 1.807) is 0 Å². The van der Waals surface area contributed by atoms with Crippen LogP contribution in [0.25, 0.3) is 10.9 Å². The lowest BCUT2D eigenvalue weighted by Gasteiger charge is -2.07. The number of aromatic nitrogens is 1. The molecule has 0 aliphatic carbocycles. The number of benzene rings is 2. The Balaban J connectivity index is 1.81. The molecule has 0 atom stereocenters. The van der Waals surface area contributed by atoms with Crippen LogP contribution >= 0.6 is 0 Å². The number of fused-ring (bicyclic) bond motifs is 1. The molecule has 0 spiro atoms. The lowest BCUT2D eigenvalue weighted by molar-refractivity contribution is -0.113. The summed E-state index contributed by atoms with van der Waals surface area (Å²) in [6.45, 7) is 3.78. The Morgan fingerprint density at radius 1 is 1.00 bits per heavy atom. The first-order chi connectivity index (χ1) is 13.5. The van der Waals surface area contributed by atoms with Gasteiger partial charge in [-0.05, 0) is 24.0 Å². The average molecular weight is 371 g/mol. The van der Waals surface area contributed by atoms with E-state index in [0.717, 1.165) is 23.0 Å². The summed E-state index contributed by atoms with van der Waals surface area (Å²) in [6.07, 6.45) is 1.62. The van der Waals surface area contributed by atoms with Crippen LogP contribution in [-0.2, 0) is 24.7 Å². The zero-order chi connectivity index (χ0) is 20.1. The second-order valence-corrected chi connectivity index (χ2v) is 7.30. The molecular formula is C25H25NO2. The van der Waals surface area contributed by atoms with Crippen molar-refractivity contribution in [1.29, 1.82) is 0 Å². The van der Waals surface area contributed by atoms with Crippen molar-refractivity contribution >= 4 is 22.5 Å². The van der Waals surface area contributed by atoms with Crippen LogP contribution < -0.4 is 0 Å². The molecule has 0 aliphatic rings. The third kappa shape index (κ3) is 4.23. The van der Waals surface area contributed by atoms with E-state index < -0.39 is 0 Å². The lowest BCUT2D eigenvalue weighted by Crippen LogP contribution is -2.13. The summed E-state index contributed by atoms with van der Waals surface area (Å²) in [5, 5.41) is 0.906. The fourth-order valence-electron chi connectivity index (χ4n) is 3.43. The minimum atomic E-state index is -0.156. The molecule has 0 bridgehead atoms. The fourth-order valence-corrected chi connectivity index (χ4v) is 3.43. The summed E-state index contributed by atoms with van der Waals surface area (Å²) in [5.41, 5.74) is 3.59. The maximum Gasteiger partial charge on any atom is 0.211 e. The van der Waals surface area contributed by atoms with Gasteiger partial charge in [0.05, 0.1) is 6.42 Å². The molecule has 3 heteroatoms. The summed E-state index contributed by atoms with van der Waals surface area (Å²) in [5.74, 6) is 5.52. The predicted octanol–water partition coefficient (Wildman–Crippen LogP) is 4.76. The van der Waals surface area contributed by atoms with E-state index in [-0.39, 0.29) is 23.9 Å². The number of carbonyl (C=O) groups is 2. The first-order valence-corrected chi connectivity index (χ1v) is 9.65. The Morgan fingerprint density at radius 3 is 2.39 bits per heavy atom. The Labute approximate surface area is 166 Å². The summed E-state index contributed by atoms with van der Waals surface area (Å²) >= 11 is 0. The molecule has 142 valence electrons. The normalized spacial score (nSPS) is 10.7. The molecule has 0 radical (unpaired) electrons. The maximum atomic E-state index is 12.8. The average Bonchev–Trinajstić information content (AvgIpc) is 2.97. The first-order valence-electron chi connectivity index (χ1n) is 9.65. The predicted molar refractivity (Wildman–Crippen MR) is 113 cm³/mol. The number of Topliss-reactive ketones (excluding diaryl/α,β-unsaturated/α-hetero) is 2. The molecule has 1 heterocycles. The van der Waals surface area contributed by atoms with E-state index in [9.17, 15) is 9.59 Å². The minimum Gasteiger partial charge on any atom is -0.346 e. The van der Waals surface area contributed by atoms with Crippen LogP contribution in [0.15, 0.2) is 54.6 Å². The molecule has 0 saturated carbocycles. The number of rotatable bonds is 6. The van der Waals surface area contributed by atoms with Crippen molar-refractivity contribution in [3.8, 4) is 11.8 Å². The van der Waals surface area contributed by atoms with E-state index in [4.69, 9.17) is 0 Å². The van der Waals surface area contributed by atoms with Crippen LogP contribution in [0.1, 0.15) is 41.9 Å². The largest absolute Gasteiger partial charge is 0.346 e. The second kappa shape index (κ2) is 8.71. The zero-order valence-electron chi connectivity index (χ0n) is 16.7. The van der Waals surface area contributed by atoms with Crippen molar-refractivity contribution in [2.75, 3.05) is 0 Å². The Hall–Kier alpha value is -3.12.